The van der Waals surface area contributed by atoms with E-state index < -0.39 is 5.60 Å². The average molecular weight is 332 g/mol. The average Bonchev–Trinajstić information content (AvgIpc) is 3.02. The van der Waals surface area contributed by atoms with Gasteiger partial charge in [0.2, 0.25) is 0 Å². The molecule has 130 valence electrons. The highest BCUT2D eigenvalue weighted by atomic mass is 16.4. The number of amides is 1. The van der Waals surface area contributed by atoms with E-state index in [9.17, 15) is 14.7 Å². The summed E-state index contributed by atoms with van der Waals surface area (Å²) in [6.07, 6.45) is 2.48. The van der Waals surface area contributed by atoms with Gasteiger partial charge in [-0.15, -0.1) is 0 Å². The molecule has 24 heavy (non-hydrogen) atoms. The van der Waals surface area contributed by atoms with Crippen molar-refractivity contribution in [2.75, 3.05) is 6.54 Å². The molecule has 0 saturated heterocycles. The van der Waals surface area contributed by atoms with Crippen LogP contribution >= 0.6 is 0 Å². The van der Waals surface area contributed by atoms with Crippen molar-refractivity contribution in [3.05, 3.63) is 58.4 Å². The van der Waals surface area contributed by atoms with Gasteiger partial charge in [0.05, 0.1) is 12.1 Å². The minimum Gasteiger partial charge on any atom is -0.454 e. The molecule has 0 spiro atoms. The van der Waals surface area contributed by atoms with Crippen LogP contribution in [0.3, 0.4) is 0 Å². The lowest BCUT2D eigenvalue weighted by Gasteiger charge is -2.29. The van der Waals surface area contributed by atoms with Crippen LogP contribution in [-0.4, -0.2) is 27.7 Å². The van der Waals surface area contributed by atoms with Gasteiger partial charge in [-0.3, -0.25) is 9.59 Å². The number of pyridine rings is 1. The lowest BCUT2D eigenvalue weighted by molar-refractivity contribution is 0.00568. The van der Waals surface area contributed by atoms with Crippen LogP contribution in [-0.2, 0) is 6.54 Å². The number of nitrogens with zero attached hydrogens (tertiary/aromatic N) is 1. The van der Waals surface area contributed by atoms with Crippen LogP contribution in [0.1, 0.15) is 43.5 Å². The molecule has 0 aliphatic rings. The van der Waals surface area contributed by atoms with Gasteiger partial charge in [-0.2, -0.15) is 0 Å². The summed E-state index contributed by atoms with van der Waals surface area (Å²) < 4.78 is 7.00. The fraction of sp³-hybridized carbons (Fsp3) is 0.444. The van der Waals surface area contributed by atoms with Crippen LogP contribution in [0.15, 0.2) is 45.7 Å². The van der Waals surface area contributed by atoms with Crippen LogP contribution in [0.4, 0.5) is 0 Å². The van der Waals surface area contributed by atoms with Gasteiger partial charge in [-0.1, -0.05) is 26.3 Å². The van der Waals surface area contributed by atoms with Crippen LogP contribution in [0.2, 0.25) is 0 Å². The third-order valence-electron chi connectivity index (χ3n) is 4.39. The minimum absolute atomic E-state index is 0.0647. The first-order valence-corrected chi connectivity index (χ1v) is 8.08. The van der Waals surface area contributed by atoms with Crippen LogP contribution < -0.4 is 10.9 Å². The number of aromatic nitrogens is 1. The molecule has 2 aromatic heterocycles. The fourth-order valence-electron chi connectivity index (χ4n) is 2.30. The molecular formula is C18H24N2O4. The first-order valence-electron chi connectivity index (χ1n) is 8.08. The summed E-state index contributed by atoms with van der Waals surface area (Å²) in [5, 5.41) is 13.0. The molecule has 2 heterocycles. The summed E-state index contributed by atoms with van der Waals surface area (Å²) in [4.78, 5) is 23.8. The van der Waals surface area contributed by atoms with Crippen molar-refractivity contribution < 1.29 is 14.3 Å². The maximum atomic E-state index is 12.2. The minimum atomic E-state index is -0.975. The Morgan fingerprint density at radius 3 is 2.79 bits per heavy atom. The third-order valence-corrected chi connectivity index (χ3v) is 4.39. The van der Waals surface area contributed by atoms with Crippen molar-refractivity contribution in [3.8, 4) is 0 Å². The predicted octanol–water partition coefficient (Wildman–Crippen LogP) is 2.02. The molecule has 0 bridgehead atoms. The summed E-state index contributed by atoms with van der Waals surface area (Å²) >= 11 is 0. The van der Waals surface area contributed by atoms with Crippen LogP contribution in [0.25, 0.3) is 0 Å². The van der Waals surface area contributed by atoms with Crippen molar-refractivity contribution >= 4 is 5.91 Å². The largest absolute Gasteiger partial charge is 0.454 e. The molecule has 2 N–H and O–H groups in total. The number of carbonyl (C=O) groups is 1. The molecule has 2 atom stereocenters. The zero-order chi connectivity index (χ0) is 17.7. The highest BCUT2D eigenvalue weighted by Crippen LogP contribution is 2.19. The summed E-state index contributed by atoms with van der Waals surface area (Å²) in [6.45, 7) is 6.05. The summed E-state index contributed by atoms with van der Waals surface area (Å²) in [5.41, 5.74) is -1.11. The van der Waals surface area contributed by atoms with E-state index in [0.29, 0.717) is 5.76 Å². The van der Waals surface area contributed by atoms with Gasteiger partial charge in [0.15, 0.2) is 5.76 Å². The van der Waals surface area contributed by atoms with Gasteiger partial charge in [0.25, 0.3) is 11.5 Å². The fourth-order valence-corrected chi connectivity index (χ4v) is 2.30. The Balaban J connectivity index is 1.99. The van der Waals surface area contributed by atoms with Crippen molar-refractivity contribution in [2.45, 2.75) is 39.3 Å². The lowest BCUT2D eigenvalue weighted by Crippen LogP contribution is -2.45. The van der Waals surface area contributed by atoms with Crippen LogP contribution in [0.5, 0.6) is 0 Å². The SMILES string of the molecule is CCC(C)C(C)(O)CNC(=O)c1ccc(Cn2ccccc2=O)o1. The van der Waals surface area contributed by atoms with Gasteiger partial charge in [-0.05, 0) is 31.0 Å². The monoisotopic (exact) mass is 332 g/mol. The van der Waals surface area contributed by atoms with E-state index in [-0.39, 0.29) is 36.2 Å². The van der Waals surface area contributed by atoms with Gasteiger partial charge >= 0.3 is 0 Å². The second-order valence-electron chi connectivity index (χ2n) is 6.28. The third kappa shape index (κ3) is 4.35. The zero-order valence-electron chi connectivity index (χ0n) is 14.3. The molecule has 2 aromatic rings. The van der Waals surface area contributed by atoms with E-state index in [2.05, 4.69) is 5.32 Å². The molecule has 6 heteroatoms. The molecule has 2 rings (SSSR count). The molecule has 0 aliphatic carbocycles. The number of carbonyl (C=O) groups excluding carboxylic acids is 1. The number of furan rings is 1. The Hall–Kier alpha value is -2.34. The first kappa shape index (κ1) is 18.0. The highest BCUT2D eigenvalue weighted by Gasteiger charge is 2.28. The number of aliphatic hydroxyl groups is 1. The highest BCUT2D eigenvalue weighted by molar-refractivity contribution is 5.91. The molecule has 6 nitrogen and oxygen atoms in total. The summed E-state index contributed by atoms with van der Waals surface area (Å²) in [6, 6.07) is 8.13. The molecule has 2 unspecified atom stereocenters. The molecule has 0 fully saturated rings. The maximum absolute atomic E-state index is 12.2. The quantitative estimate of drug-likeness (QED) is 0.812. The molecule has 1 amide bonds. The Morgan fingerprint density at radius 2 is 2.12 bits per heavy atom. The second-order valence-corrected chi connectivity index (χ2v) is 6.28. The predicted molar refractivity (Wildman–Crippen MR) is 90.9 cm³/mol. The normalized spacial score (nSPS) is 14.8. The lowest BCUT2D eigenvalue weighted by atomic mass is 9.88. The summed E-state index contributed by atoms with van der Waals surface area (Å²) in [5.74, 6) is 0.358. The first-order chi connectivity index (χ1) is 11.3. The smallest absolute Gasteiger partial charge is 0.287 e. The standard InChI is InChI=1S/C18H24N2O4/c1-4-13(2)18(3,23)12-19-17(22)15-9-8-14(24-15)11-20-10-6-5-7-16(20)21/h5-10,13,23H,4,11-12H2,1-3H3,(H,19,22). The number of rotatable bonds is 7. The Morgan fingerprint density at radius 1 is 1.38 bits per heavy atom. The molecule has 0 aromatic carbocycles. The van der Waals surface area contributed by atoms with Gasteiger partial charge < -0.3 is 19.4 Å². The second kappa shape index (κ2) is 7.49. The van der Waals surface area contributed by atoms with E-state index >= 15 is 0 Å². The number of hydrogen-bond donors (Lipinski definition) is 2. The topological polar surface area (TPSA) is 84.5 Å². The van der Waals surface area contributed by atoms with Gasteiger partial charge in [-0.25, -0.2) is 0 Å². The molecule has 0 saturated carbocycles. The molecular weight excluding hydrogens is 308 g/mol. The molecule has 0 radical (unpaired) electrons. The number of nitrogens with one attached hydrogen (secondary N) is 1. The number of hydrogen-bond acceptors (Lipinski definition) is 4. The van der Waals surface area contributed by atoms with E-state index in [1.807, 2.05) is 13.8 Å². The van der Waals surface area contributed by atoms with Gasteiger partial charge in [0, 0.05) is 18.8 Å². The van der Waals surface area contributed by atoms with E-state index in [4.69, 9.17) is 4.42 Å². The van der Waals surface area contributed by atoms with Crippen molar-refractivity contribution in [3.63, 3.8) is 0 Å². The summed E-state index contributed by atoms with van der Waals surface area (Å²) in [7, 11) is 0. The van der Waals surface area contributed by atoms with Crippen molar-refractivity contribution in [1.29, 1.82) is 0 Å². The maximum Gasteiger partial charge on any atom is 0.287 e. The molecule has 0 aliphatic heterocycles. The van der Waals surface area contributed by atoms with E-state index in [1.165, 1.54) is 10.6 Å². The van der Waals surface area contributed by atoms with Gasteiger partial charge in [0.1, 0.15) is 5.76 Å². The van der Waals surface area contributed by atoms with E-state index in [1.54, 1.807) is 37.4 Å². The Kier molecular flexibility index (Phi) is 5.62. The van der Waals surface area contributed by atoms with E-state index in [0.717, 1.165) is 6.42 Å². The zero-order valence-corrected chi connectivity index (χ0v) is 14.3. The Bertz CT molecular complexity index is 745. The van der Waals surface area contributed by atoms with Crippen molar-refractivity contribution in [1.82, 2.24) is 9.88 Å². The Labute approximate surface area is 141 Å². The van der Waals surface area contributed by atoms with Crippen LogP contribution in [0, 0.1) is 5.92 Å². The van der Waals surface area contributed by atoms with Crippen molar-refractivity contribution in [2.24, 2.45) is 5.92 Å².